The van der Waals surface area contributed by atoms with Gasteiger partial charge in [-0.2, -0.15) is 0 Å². The molecule has 0 aromatic heterocycles. The highest BCUT2D eigenvalue weighted by molar-refractivity contribution is 5.83. The lowest BCUT2D eigenvalue weighted by Crippen LogP contribution is -2.58. The quantitative estimate of drug-likeness (QED) is 0.708. The van der Waals surface area contributed by atoms with Crippen LogP contribution in [-0.2, 0) is 20.7 Å². The van der Waals surface area contributed by atoms with Crippen molar-refractivity contribution in [1.82, 2.24) is 5.32 Å². The lowest BCUT2D eigenvalue weighted by molar-refractivity contribution is -0.196. The fraction of sp³-hybridized carbons (Fsp3) is 0.652. The van der Waals surface area contributed by atoms with E-state index in [-0.39, 0.29) is 24.5 Å². The number of amides is 1. The predicted octanol–water partition coefficient (Wildman–Crippen LogP) is 3.00. The lowest BCUT2D eigenvalue weighted by atomic mass is 9.48. The molecule has 0 spiro atoms. The third kappa shape index (κ3) is 4.09. The zero-order valence-corrected chi connectivity index (χ0v) is 16.7. The zero-order chi connectivity index (χ0) is 19.8. The Morgan fingerprint density at radius 3 is 2.50 bits per heavy atom. The summed E-state index contributed by atoms with van der Waals surface area (Å²) in [5.74, 6) is 0.306. The summed E-state index contributed by atoms with van der Waals surface area (Å²) < 4.78 is 5.44. The van der Waals surface area contributed by atoms with Gasteiger partial charge in [0.2, 0.25) is 0 Å². The van der Waals surface area contributed by atoms with Crippen LogP contribution in [0.3, 0.4) is 0 Å². The number of aliphatic hydroxyl groups is 1. The average molecular weight is 386 g/mol. The van der Waals surface area contributed by atoms with Crippen molar-refractivity contribution in [2.45, 2.75) is 69.9 Å². The van der Waals surface area contributed by atoms with E-state index in [2.05, 4.69) is 17.4 Å². The van der Waals surface area contributed by atoms with Crippen LogP contribution in [0.4, 0.5) is 0 Å². The van der Waals surface area contributed by atoms with Gasteiger partial charge in [-0.25, -0.2) is 0 Å². The molecule has 0 saturated heterocycles. The summed E-state index contributed by atoms with van der Waals surface area (Å²) >= 11 is 0. The molecule has 5 atom stereocenters. The molecule has 1 aromatic carbocycles. The van der Waals surface area contributed by atoms with Crippen molar-refractivity contribution in [3.05, 3.63) is 35.9 Å². The van der Waals surface area contributed by atoms with E-state index in [1.807, 2.05) is 25.1 Å². The number of carbonyl (C=O) groups is 2. The number of carbonyl (C=O) groups excluding carboxylic acids is 2. The van der Waals surface area contributed by atoms with Crippen molar-refractivity contribution in [2.24, 2.45) is 17.3 Å². The molecule has 5 heteroatoms. The van der Waals surface area contributed by atoms with Crippen LogP contribution in [0.5, 0.6) is 0 Å². The van der Waals surface area contributed by atoms with Gasteiger partial charge in [-0.3, -0.25) is 9.59 Å². The van der Waals surface area contributed by atoms with E-state index in [0.717, 1.165) is 44.9 Å². The van der Waals surface area contributed by atoms with E-state index in [4.69, 9.17) is 4.74 Å². The maximum Gasteiger partial charge on any atom is 0.312 e. The number of hydrogen-bond donors (Lipinski definition) is 2. The fourth-order valence-corrected chi connectivity index (χ4v) is 6.15. The van der Waals surface area contributed by atoms with Gasteiger partial charge >= 0.3 is 5.97 Å². The van der Waals surface area contributed by atoms with Crippen molar-refractivity contribution in [3.8, 4) is 0 Å². The summed E-state index contributed by atoms with van der Waals surface area (Å²) in [5, 5.41) is 13.7. The van der Waals surface area contributed by atoms with Crippen LogP contribution in [0.2, 0.25) is 0 Å². The van der Waals surface area contributed by atoms with E-state index >= 15 is 0 Å². The molecule has 0 heterocycles. The minimum Gasteiger partial charge on any atom is -0.455 e. The largest absolute Gasteiger partial charge is 0.455 e. The summed E-state index contributed by atoms with van der Waals surface area (Å²) in [6.07, 6.45) is 6.60. The molecule has 4 aliphatic carbocycles. The molecular formula is C23H31NO4. The van der Waals surface area contributed by atoms with E-state index in [0.29, 0.717) is 18.3 Å². The van der Waals surface area contributed by atoms with Gasteiger partial charge in [0.15, 0.2) is 6.61 Å². The minimum absolute atomic E-state index is 0.0201. The number of rotatable bonds is 7. The monoisotopic (exact) mass is 385 g/mol. The van der Waals surface area contributed by atoms with E-state index in [9.17, 15) is 14.7 Å². The van der Waals surface area contributed by atoms with Gasteiger partial charge < -0.3 is 15.2 Å². The Morgan fingerprint density at radius 1 is 1.18 bits per heavy atom. The van der Waals surface area contributed by atoms with Crippen LogP contribution < -0.4 is 5.32 Å². The van der Waals surface area contributed by atoms with Gasteiger partial charge in [-0.15, -0.1) is 0 Å². The smallest absolute Gasteiger partial charge is 0.312 e. The molecule has 4 aliphatic rings. The van der Waals surface area contributed by atoms with Crippen molar-refractivity contribution in [1.29, 1.82) is 0 Å². The van der Waals surface area contributed by atoms with E-state index in [1.165, 1.54) is 5.56 Å². The van der Waals surface area contributed by atoms with Gasteiger partial charge in [0, 0.05) is 6.04 Å². The molecule has 2 N–H and O–H groups in total. The molecule has 0 aliphatic heterocycles. The molecular weight excluding hydrogens is 354 g/mol. The molecule has 4 fully saturated rings. The second-order valence-electron chi connectivity index (χ2n) is 9.53. The third-order valence-electron chi connectivity index (χ3n) is 6.91. The number of hydrogen-bond acceptors (Lipinski definition) is 4. The molecule has 152 valence electrons. The highest BCUT2D eigenvalue weighted by Crippen LogP contribution is 2.61. The van der Waals surface area contributed by atoms with Crippen LogP contribution in [-0.4, -0.2) is 35.2 Å². The van der Waals surface area contributed by atoms with Crippen LogP contribution >= 0.6 is 0 Å². The standard InChI is InChI=1S/C23H31NO4/c1-16(7-8-17-5-3-2-4-6-17)24-20(25)14-28-21(26)22-10-18-9-19(11-22)13-23(27,12-18)15-22/h2-6,16,18-19,27H,7-15H2,1H3,(H,24,25)/t16-,18-,19+,22?,23?/m1/s1. The van der Waals surface area contributed by atoms with Crippen molar-refractivity contribution in [2.75, 3.05) is 6.61 Å². The zero-order valence-electron chi connectivity index (χ0n) is 16.7. The Labute approximate surface area is 166 Å². The predicted molar refractivity (Wildman–Crippen MR) is 105 cm³/mol. The second kappa shape index (κ2) is 7.51. The normalized spacial score (nSPS) is 34.1. The van der Waals surface area contributed by atoms with Crippen molar-refractivity contribution >= 4 is 11.9 Å². The van der Waals surface area contributed by atoms with Crippen LogP contribution in [0, 0.1) is 17.3 Å². The van der Waals surface area contributed by atoms with E-state index < -0.39 is 11.0 Å². The molecule has 0 radical (unpaired) electrons. The first-order valence-electron chi connectivity index (χ1n) is 10.6. The summed E-state index contributed by atoms with van der Waals surface area (Å²) in [7, 11) is 0. The number of benzene rings is 1. The molecule has 5 nitrogen and oxygen atoms in total. The Bertz CT molecular complexity index is 717. The van der Waals surface area contributed by atoms with Gasteiger partial charge in [-0.05, 0) is 75.7 Å². The van der Waals surface area contributed by atoms with Crippen molar-refractivity contribution < 1.29 is 19.4 Å². The fourth-order valence-electron chi connectivity index (χ4n) is 6.15. The van der Waals surface area contributed by atoms with Crippen molar-refractivity contribution in [3.63, 3.8) is 0 Å². The Kier molecular flexibility index (Phi) is 5.21. The summed E-state index contributed by atoms with van der Waals surface area (Å²) in [5.41, 5.74) is -0.0233. The number of nitrogens with one attached hydrogen (secondary N) is 1. The Hall–Kier alpha value is -1.88. The van der Waals surface area contributed by atoms with Gasteiger partial charge in [0.1, 0.15) is 0 Å². The molecule has 1 aromatic rings. The van der Waals surface area contributed by atoms with Crippen LogP contribution in [0.15, 0.2) is 30.3 Å². The van der Waals surface area contributed by atoms with Gasteiger partial charge in [0.05, 0.1) is 11.0 Å². The molecule has 1 amide bonds. The lowest BCUT2D eigenvalue weighted by Gasteiger charge is -2.58. The molecule has 28 heavy (non-hydrogen) atoms. The highest BCUT2D eigenvalue weighted by atomic mass is 16.5. The maximum atomic E-state index is 12.8. The third-order valence-corrected chi connectivity index (χ3v) is 6.91. The Morgan fingerprint density at radius 2 is 1.86 bits per heavy atom. The first-order chi connectivity index (χ1) is 13.4. The summed E-state index contributed by atoms with van der Waals surface area (Å²) in [6, 6.07) is 10.2. The molecule has 4 saturated carbocycles. The molecule has 2 unspecified atom stereocenters. The highest BCUT2D eigenvalue weighted by Gasteiger charge is 2.60. The SMILES string of the molecule is C[C@H](CCc1ccccc1)NC(=O)COC(=O)C12C[C@@H]3C[C@@H](CC(O)(C3)C1)C2. The van der Waals surface area contributed by atoms with Crippen LogP contribution in [0.1, 0.15) is 57.4 Å². The molecule has 5 rings (SSSR count). The first-order valence-corrected chi connectivity index (χ1v) is 10.6. The number of aryl methyl sites for hydroxylation is 1. The number of esters is 1. The summed E-state index contributed by atoms with van der Waals surface area (Å²) in [4.78, 5) is 25.0. The Balaban J connectivity index is 1.24. The number of ether oxygens (including phenoxy) is 1. The van der Waals surface area contributed by atoms with E-state index in [1.54, 1.807) is 0 Å². The second-order valence-corrected chi connectivity index (χ2v) is 9.53. The minimum atomic E-state index is -0.697. The summed E-state index contributed by atoms with van der Waals surface area (Å²) in [6.45, 7) is 1.74. The molecule has 4 bridgehead atoms. The van der Waals surface area contributed by atoms with Gasteiger partial charge in [-0.1, -0.05) is 30.3 Å². The van der Waals surface area contributed by atoms with Gasteiger partial charge in [0.25, 0.3) is 5.91 Å². The first kappa shape index (κ1) is 19.4. The average Bonchev–Trinajstić information content (AvgIpc) is 2.63. The maximum absolute atomic E-state index is 12.8. The van der Waals surface area contributed by atoms with Crippen LogP contribution in [0.25, 0.3) is 0 Å². The topological polar surface area (TPSA) is 75.6 Å².